The van der Waals surface area contributed by atoms with Crippen molar-refractivity contribution in [3.05, 3.63) is 18.3 Å². The number of nitrogens with zero attached hydrogens (tertiary/aromatic N) is 2. The molecule has 0 aliphatic rings. The summed E-state index contributed by atoms with van der Waals surface area (Å²) in [4.78, 5) is 0. The molecule has 1 aromatic heterocycles. The van der Waals surface area contributed by atoms with Gasteiger partial charge < -0.3 is 0 Å². The summed E-state index contributed by atoms with van der Waals surface area (Å²) in [7, 11) is 0. The second-order valence-corrected chi connectivity index (χ2v) is 4.53. The van der Waals surface area contributed by atoms with Crippen LogP contribution in [0.1, 0.15) is 20.8 Å². The van der Waals surface area contributed by atoms with Crippen molar-refractivity contribution in [3.8, 4) is 0 Å². The molecule has 0 aliphatic heterocycles. The van der Waals surface area contributed by atoms with E-state index in [9.17, 15) is 0 Å². The Morgan fingerprint density at radius 1 is 1.33 bits per heavy atom. The first-order valence-corrected chi connectivity index (χ1v) is 5.02. The minimum Gasteiger partial charge on any atom is -0.158 e. The van der Waals surface area contributed by atoms with E-state index in [2.05, 4.69) is 31.0 Å². The van der Waals surface area contributed by atoms with Crippen LogP contribution >= 0.6 is 11.8 Å². The van der Waals surface area contributed by atoms with Crippen LogP contribution in [-0.2, 0) is 0 Å². The van der Waals surface area contributed by atoms with Crippen LogP contribution in [0.4, 0.5) is 0 Å². The fourth-order valence-corrected chi connectivity index (χ4v) is 1.58. The molecular weight excluding hydrogens is 168 g/mol. The fraction of sp³-hybridized carbons (Fsp3) is 0.556. The molecule has 0 amide bonds. The van der Waals surface area contributed by atoms with E-state index >= 15 is 0 Å². The molecule has 0 bridgehead atoms. The highest BCUT2D eigenvalue weighted by atomic mass is 32.2. The molecule has 1 heterocycles. The molecule has 0 saturated heterocycles. The molecule has 1 unspecified atom stereocenters. The van der Waals surface area contributed by atoms with E-state index in [1.165, 1.54) is 0 Å². The van der Waals surface area contributed by atoms with Crippen molar-refractivity contribution < 1.29 is 0 Å². The van der Waals surface area contributed by atoms with E-state index in [0.29, 0.717) is 11.2 Å². The second-order valence-electron chi connectivity index (χ2n) is 3.13. The molecule has 0 saturated carbocycles. The van der Waals surface area contributed by atoms with Gasteiger partial charge in [-0.25, -0.2) is 0 Å². The quantitative estimate of drug-likeness (QED) is 0.672. The maximum atomic E-state index is 4.01. The van der Waals surface area contributed by atoms with Crippen molar-refractivity contribution in [2.45, 2.75) is 31.0 Å². The molecule has 2 nitrogen and oxygen atoms in total. The summed E-state index contributed by atoms with van der Waals surface area (Å²) < 4.78 is 0. The lowest BCUT2D eigenvalue weighted by Crippen LogP contribution is -2.05. The first-order chi connectivity index (χ1) is 5.70. The van der Waals surface area contributed by atoms with Gasteiger partial charge in [-0.1, -0.05) is 20.8 Å². The molecule has 0 radical (unpaired) electrons. The lowest BCUT2D eigenvalue weighted by Gasteiger charge is -2.13. The summed E-state index contributed by atoms with van der Waals surface area (Å²) in [6.07, 6.45) is 1.70. The molecule has 3 heteroatoms. The number of hydrogen-bond acceptors (Lipinski definition) is 3. The van der Waals surface area contributed by atoms with Crippen molar-refractivity contribution in [2.75, 3.05) is 0 Å². The van der Waals surface area contributed by atoms with Gasteiger partial charge in [-0.05, 0) is 18.1 Å². The van der Waals surface area contributed by atoms with Crippen LogP contribution < -0.4 is 0 Å². The zero-order valence-electron chi connectivity index (χ0n) is 7.69. The Balaban J connectivity index is 2.53. The summed E-state index contributed by atoms with van der Waals surface area (Å²) in [5, 5.41) is 9.45. The lowest BCUT2D eigenvalue weighted by molar-refractivity contribution is 0.641. The minimum atomic E-state index is 0.599. The van der Waals surface area contributed by atoms with Crippen molar-refractivity contribution in [1.29, 1.82) is 0 Å². The van der Waals surface area contributed by atoms with E-state index in [-0.39, 0.29) is 0 Å². The molecule has 66 valence electrons. The Morgan fingerprint density at radius 2 is 2.08 bits per heavy atom. The molecule has 0 aromatic carbocycles. The topological polar surface area (TPSA) is 25.8 Å². The van der Waals surface area contributed by atoms with Crippen molar-refractivity contribution in [1.82, 2.24) is 10.2 Å². The minimum absolute atomic E-state index is 0.599. The highest BCUT2D eigenvalue weighted by molar-refractivity contribution is 7.99. The largest absolute Gasteiger partial charge is 0.158 e. The molecule has 1 atom stereocenters. The van der Waals surface area contributed by atoms with Gasteiger partial charge in [-0.3, -0.25) is 0 Å². The third kappa shape index (κ3) is 2.81. The lowest BCUT2D eigenvalue weighted by atomic mass is 10.2. The normalized spacial score (nSPS) is 13.3. The van der Waals surface area contributed by atoms with E-state index in [4.69, 9.17) is 0 Å². The van der Waals surface area contributed by atoms with Gasteiger partial charge in [0.1, 0.15) is 5.03 Å². The third-order valence-corrected chi connectivity index (χ3v) is 3.17. The SMILES string of the molecule is CC(C)C(C)Sc1cccnn1. The first kappa shape index (κ1) is 9.52. The van der Waals surface area contributed by atoms with E-state index in [1.807, 2.05) is 12.1 Å². The average molecular weight is 182 g/mol. The molecular formula is C9H14N2S. The Morgan fingerprint density at radius 3 is 2.58 bits per heavy atom. The fourth-order valence-electron chi connectivity index (χ4n) is 0.677. The molecule has 1 aromatic rings. The van der Waals surface area contributed by atoms with Gasteiger partial charge in [-0.15, -0.1) is 16.9 Å². The number of hydrogen-bond donors (Lipinski definition) is 0. The van der Waals surface area contributed by atoms with Crippen LogP contribution in [-0.4, -0.2) is 15.4 Å². The van der Waals surface area contributed by atoms with Crippen molar-refractivity contribution >= 4 is 11.8 Å². The maximum absolute atomic E-state index is 4.01. The summed E-state index contributed by atoms with van der Waals surface area (Å²) in [5.41, 5.74) is 0. The third-order valence-electron chi connectivity index (χ3n) is 1.79. The Bertz CT molecular complexity index is 223. The van der Waals surface area contributed by atoms with Gasteiger partial charge in [-0.2, -0.15) is 5.10 Å². The monoisotopic (exact) mass is 182 g/mol. The molecule has 12 heavy (non-hydrogen) atoms. The van der Waals surface area contributed by atoms with Crippen LogP contribution in [0.5, 0.6) is 0 Å². The zero-order valence-corrected chi connectivity index (χ0v) is 8.51. The van der Waals surface area contributed by atoms with Gasteiger partial charge in [0, 0.05) is 11.4 Å². The van der Waals surface area contributed by atoms with Crippen molar-refractivity contribution in [2.24, 2.45) is 5.92 Å². The number of aromatic nitrogens is 2. The van der Waals surface area contributed by atoms with Crippen LogP contribution in [0, 0.1) is 5.92 Å². The van der Waals surface area contributed by atoms with Gasteiger partial charge in [0.25, 0.3) is 0 Å². The number of thioether (sulfide) groups is 1. The van der Waals surface area contributed by atoms with Crippen LogP contribution in [0.2, 0.25) is 0 Å². The Hall–Kier alpha value is -0.570. The Labute approximate surface area is 77.8 Å². The molecule has 1 rings (SSSR count). The maximum Gasteiger partial charge on any atom is 0.119 e. The first-order valence-electron chi connectivity index (χ1n) is 4.14. The predicted molar refractivity (Wildman–Crippen MR) is 52.2 cm³/mol. The average Bonchev–Trinajstić information content (AvgIpc) is 2.06. The van der Waals surface area contributed by atoms with Crippen LogP contribution in [0.3, 0.4) is 0 Å². The van der Waals surface area contributed by atoms with Gasteiger partial charge in [0.2, 0.25) is 0 Å². The molecule has 0 aliphatic carbocycles. The van der Waals surface area contributed by atoms with Crippen molar-refractivity contribution in [3.63, 3.8) is 0 Å². The second kappa shape index (κ2) is 4.45. The highest BCUT2D eigenvalue weighted by Crippen LogP contribution is 2.24. The molecule has 0 N–H and O–H groups in total. The summed E-state index contributed by atoms with van der Waals surface area (Å²) in [6, 6.07) is 3.92. The van der Waals surface area contributed by atoms with Crippen LogP contribution in [0.15, 0.2) is 23.4 Å². The summed E-state index contributed by atoms with van der Waals surface area (Å²) >= 11 is 1.78. The molecule has 0 fully saturated rings. The van der Waals surface area contributed by atoms with E-state index in [1.54, 1.807) is 18.0 Å². The van der Waals surface area contributed by atoms with E-state index in [0.717, 1.165) is 5.03 Å². The highest BCUT2D eigenvalue weighted by Gasteiger charge is 2.08. The van der Waals surface area contributed by atoms with Gasteiger partial charge >= 0.3 is 0 Å². The molecule has 0 spiro atoms. The van der Waals surface area contributed by atoms with Crippen LogP contribution in [0.25, 0.3) is 0 Å². The van der Waals surface area contributed by atoms with Gasteiger partial charge in [0.15, 0.2) is 0 Å². The Kier molecular flexibility index (Phi) is 3.53. The van der Waals surface area contributed by atoms with E-state index < -0.39 is 0 Å². The summed E-state index contributed by atoms with van der Waals surface area (Å²) in [5.74, 6) is 0.678. The smallest absolute Gasteiger partial charge is 0.119 e. The number of rotatable bonds is 3. The summed E-state index contributed by atoms with van der Waals surface area (Å²) in [6.45, 7) is 6.64. The standard InChI is InChI=1S/C9H14N2S/c1-7(2)8(3)12-9-5-4-6-10-11-9/h4-8H,1-3H3. The van der Waals surface area contributed by atoms with Gasteiger partial charge in [0.05, 0.1) is 0 Å². The predicted octanol–water partition coefficient (Wildman–Crippen LogP) is 2.61. The zero-order chi connectivity index (χ0) is 8.97.